The van der Waals surface area contributed by atoms with Crippen molar-refractivity contribution in [3.05, 3.63) is 29.8 Å². The number of aliphatic hydroxyl groups is 3. The number of nitrogens with one attached hydrogen (secondary N) is 1. The van der Waals surface area contributed by atoms with E-state index in [4.69, 9.17) is 4.74 Å². The maximum atomic E-state index is 12.9. The van der Waals surface area contributed by atoms with E-state index in [0.717, 1.165) is 5.56 Å². The Hall–Kier alpha value is -2.05. The molecule has 1 aromatic carbocycles. The number of hydrogen-bond acceptors (Lipinski definition) is 9. The molecule has 166 valence electrons. The number of sulfone groups is 1. The van der Waals surface area contributed by atoms with E-state index in [0.29, 0.717) is 19.4 Å². The average molecular weight is 442 g/mol. The topological polar surface area (TPSA) is 153 Å². The molecule has 0 aromatic heterocycles. The van der Waals surface area contributed by atoms with Crippen LogP contribution in [0, 0.1) is 6.92 Å². The van der Waals surface area contributed by atoms with Crippen LogP contribution in [0.5, 0.6) is 0 Å². The quantitative estimate of drug-likeness (QED) is 0.378. The number of benzene rings is 1. The lowest BCUT2D eigenvalue weighted by atomic mass is 9.99. The van der Waals surface area contributed by atoms with E-state index >= 15 is 0 Å². The summed E-state index contributed by atoms with van der Waals surface area (Å²) in [6, 6.07) is 4.05. The van der Waals surface area contributed by atoms with Crippen molar-refractivity contribution >= 4 is 21.7 Å². The molecule has 0 saturated carbocycles. The Kier molecular flexibility index (Phi) is 6.78. The third kappa shape index (κ3) is 4.49. The van der Waals surface area contributed by atoms with E-state index in [1.807, 2.05) is 6.92 Å². The van der Waals surface area contributed by atoms with Crippen LogP contribution in [0.4, 0.5) is 0 Å². The highest BCUT2D eigenvalue weighted by Crippen LogP contribution is 2.29. The number of aryl methyl sites for hydroxylation is 1. The van der Waals surface area contributed by atoms with Crippen LogP contribution >= 0.6 is 0 Å². The molecule has 11 heteroatoms. The fraction of sp³-hybridized carbons (Fsp3) is 0.579. The minimum atomic E-state index is -3.82. The molecule has 0 unspecified atom stereocenters. The molecule has 10 nitrogen and oxygen atoms in total. The van der Waals surface area contributed by atoms with Gasteiger partial charge in [-0.25, -0.2) is 8.42 Å². The minimum absolute atomic E-state index is 0.0426. The molecular formula is C19H26N2O8S. The van der Waals surface area contributed by atoms with Crippen LogP contribution in [-0.4, -0.2) is 89.9 Å². The molecule has 2 aliphatic heterocycles. The highest BCUT2D eigenvalue weighted by Gasteiger charge is 2.51. The van der Waals surface area contributed by atoms with Gasteiger partial charge in [0.1, 0.15) is 30.2 Å². The summed E-state index contributed by atoms with van der Waals surface area (Å²) in [4.78, 5) is 26.8. The average Bonchev–Trinajstić information content (AvgIpc) is 3.16. The van der Waals surface area contributed by atoms with Crippen molar-refractivity contribution in [2.75, 3.05) is 19.0 Å². The van der Waals surface area contributed by atoms with Gasteiger partial charge in [0.05, 0.1) is 11.5 Å². The summed E-state index contributed by atoms with van der Waals surface area (Å²) >= 11 is 0. The summed E-state index contributed by atoms with van der Waals surface area (Å²) in [5.41, 5.74) is 0.887. The van der Waals surface area contributed by atoms with Crippen LogP contribution < -0.4 is 5.32 Å². The van der Waals surface area contributed by atoms with Gasteiger partial charge >= 0.3 is 5.97 Å². The van der Waals surface area contributed by atoms with Crippen LogP contribution in [0.1, 0.15) is 18.4 Å². The lowest BCUT2D eigenvalue weighted by molar-refractivity contribution is -0.166. The summed E-state index contributed by atoms with van der Waals surface area (Å²) in [5.74, 6) is -2.20. The zero-order valence-electron chi connectivity index (χ0n) is 16.5. The maximum Gasteiger partial charge on any atom is 0.323 e. The Labute approximate surface area is 174 Å². The third-order valence-electron chi connectivity index (χ3n) is 5.49. The van der Waals surface area contributed by atoms with Gasteiger partial charge in [0.25, 0.3) is 0 Å². The molecule has 4 N–H and O–H groups in total. The summed E-state index contributed by atoms with van der Waals surface area (Å²) < 4.78 is 30.2. The van der Waals surface area contributed by atoms with Gasteiger partial charge in [0.15, 0.2) is 15.9 Å². The van der Waals surface area contributed by atoms with Gasteiger partial charge < -0.3 is 25.4 Å². The fourth-order valence-corrected chi connectivity index (χ4v) is 4.90. The minimum Gasteiger partial charge on any atom is -0.455 e. The second-order valence-electron chi connectivity index (χ2n) is 7.60. The Morgan fingerprint density at radius 3 is 2.63 bits per heavy atom. The van der Waals surface area contributed by atoms with Crippen molar-refractivity contribution in [1.29, 1.82) is 0 Å². The lowest BCUT2D eigenvalue weighted by Gasteiger charge is -2.32. The number of nitrogens with zero attached hydrogens (tertiary/aromatic N) is 1. The number of carbonyl (C=O) groups excluding carboxylic acids is 2. The lowest BCUT2D eigenvalue weighted by Crippen LogP contribution is -2.58. The molecule has 0 radical (unpaired) electrons. The van der Waals surface area contributed by atoms with Crippen molar-refractivity contribution in [3.63, 3.8) is 0 Å². The second-order valence-corrected chi connectivity index (χ2v) is 9.59. The first-order chi connectivity index (χ1) is 14.2. The normalized spacial score (nSPS) is 28.3. The highest BCUT2D eigenvalue weighted by atomic mass is 32.2. The fourth-order valence-electron chi connectivity index (χ4n) is 3.85. The molecule has 0 spiro atoms. The summed E-state index contributed by atoms with van der Waals surface area (Å²) in [6.07, 6.45) is -3.77. The number of esters is 1. The van der Waals surface area contributed by atoms with Gasteiger partial charge in [-0.15, -0.1) is 0 Å². The van der Waals surface area contributed by atoms with Gasteiger partial charge in [-0.1, -0.05) is 17.7 Å². The Morgan fingerprint density at radius 2 is 2.00 bits per heavy atom. The molecule has 30 heavy (non-hydrogen) atoms. The number of cyclic esters (lactones) is 1. The Morgan fingerprint density at radius 1 is 1.33 bits per heavy atom. The molecule has 3 rings (SSSR count). The highest BCUT2D eigenvalue weighted by molar-refractivity contribution is 7.91. The van der Waals surface area contributed by atoms with Crippen LogP contribution in [0.25, 0.3) is 0 Å². The van der Waals surface area contributed by atoms with Crippen LogP contribution in [-0.2, 0) is 24.2 Å². The zero-order valence-corrected chi connectivity index (χ0v) is 17.3. The van der Waals surface area contributed by atoms with Crippen molar-refractivity contribution in [2.24, 2.45) is 0 Å². The van der Waals surface area contributed by atoms with Gasteiger partial charge in [-0.05, 0) is 38.4 Å². The van der Waals surface area contributed by atoms with Crippen molar-refractivity contribution in [2.45, 2.75) is 55.1 Å². The van der Waals surface area contributed by atoms with Gasteiger partial charge in [0, 0.05) is 0 Å². The molecule has 2 saturated heterocycles. The van der Waals surface area contributed by atoms with E-state index in [2.05, 4.69) is 5.32 Å². The van der Waals surface area contributed by atoms with E-state index in [-0.39, 0.29) is 4.90 Å². The largest absolute Gasteiger partial charge is 0.455 e. The number of rotatable bonds is 6. The third-order valence-corrected chi connectivity index (χ3v) is 7.00. The molecule has 2 fully saturated rings. The number of amides is 1. The Balaban J connectivity index is 1.80. The first-order valence-electron chi connectivity index (χ1n) is 9.66. The molecule has 1 aromatic rings. The van der Waals surface area contributed by atoms with Gasteiger partial charge in [-0.2, -0.15) is 0 Å². The zero-order chi connectivity index (χ0) is 22.1. The second kappa shape index (κ2) is 8.98. The molecule has 0 bridgehead atoms. The molecule has 2 heterocycles. The van der Waals surface area contributed by atoms with Crippen molar-refractivity contribution in [1.82, 2.24) is 10.2 Å². The summed E-state index contributed by atoms with van der Waals surface area (Å²) in [6.45, 7) is 1.36. The van der Waals surface area contributed by atoms with Gasteiger partial charge in [-0.3, -0.25) is 14.5 Å². The van der Waals surface area contributed by atoms with E-state index < -0.39 is 64.6 Å². The monoisotopic (exact) mass is 442 g/mol. The predicted octanol–water partition coefficient (Wildman–Crippen LogP) is -1.69. The van der Waals surface area contributed by atoms with Crippen molar-refractivity contribution < 1.29 is 38.1 Å². The van der Waals surface area contributed by atoms with E-state index in [1.165, 1.54) is 17.0 Å². The van der Waals surface area contributed by atoms with E-state index in [1.54, 1.807) is 12.1 Å². The summed E-state index contributed by atoms with van der Waals surface area (Å²) in [7, 11) is -3.82. The predicted molar refractivity (Wildman–Crippen MR) is 104 cm³/mol. The van der Waals surface area contributed by atoms with Crippen LogP contribution in [0.3, 0.4) is 0 Å². The molecular weight excluding hydrogens is 416 g/mol. The van der Waals surface area contributed by atoms with E-state index in [9.17, 15) is 33.3 Å². The Bertz CT molecular complexity index is 888. The molecule has 5 atom stereocenters. The number of carbonyl (C=O) groups is 2. The van der Waals surface area contributed by atoms with Gasteiger partial charge in [0.2, 0.25) is 5.91 Å². The first-order valence-corrected chi connectivity index (χ1v) is 11.3. The maximum absolute atomic E-state index is 12.9. The number of hydrogen-bond donors (Lipinski definition) is 4. The molecule has 1 amide bonds. The van der Waals surface area contributed by atoms with Crippen LogP contribution in [0.2, 0.25) is 0 Å². The van der Waals surface area contributed by atoms with Crippen molar-refractivity contribution in [3.8, 4) is 0 Å². The standard InChI is InChI=1S/C19H26N2O8S/c1-11-4-6-12(7-5-11)30(27,28)10-20-18(25)15-16(24)17(14(23)9-22)29-19(26)13-3-2-8-21(13)15/h4-7,13-17,22-24H,2-3,8-10H2,1H3,(H,20,25)/t13-,14-,15-,16-,17-/m1/s1. The van der Waals surface area contributed by atoms with Crippen LogP contribution in [0.15, 0.2) is 29.2 Å². The number of aliphatic hydroxyl groups excluding tert-OH is 3. The smallest absolute Gasteiger partial charge is 0.323 e. The number of fused-ring (bicyclic) bond motifs is 1. The number of ether oxygens (including phenoxy) is 1. The first kappa shape index (κ1) is 22.6. The SMILES string of the molecule is Cc1ccc(S(=O)(=O)CNC(=O)[C@H]2[C@@H](O)[C@@H]([C@H](O)CO)OC(=O)[C@H]3CCCN32)cc1. The summed E-state index contributed by atoms with van der Waals surface area (Å²) in [5, 5.41) is 32.2. The molecule has 2 aliphatic rings. The molecule has 0 aliphatic carbocycles.